The third kappa shape index (κ3) is 5.10. The number of halogens is 1. The minimum absolute atomic E-state index is 0.0855. The van der Waals surface area contributed by atoms with E-state index in [0.29, 0.717) is 41.3 Å². The van der Waals surface area contributed by atoms with E-state index in [9.17, 15) is 14.7 Å². The number of allylic oxidation sites excluding steroid dienone is 11. The highest BCUT2D eigenvalue weighted by Gasteiger charge is 2.49. The lowest BCUT2D eigenvalue weighted by Gasteiger charge is -2.20. The van der Waals surface area contributed by atoms with Gasteiger partial charge in [0.25, 0.3) is 0 Å². The second kappa shape index (κ2) is 12.4. The van der Waals surface area contributed by atoms with E-state index in [1.54, 1.807) is 0 Å². The molecule has 6 aliphatic rings. The van der Waals surface area contributed by atoms with Gasteiger partial charge in [-0.25, -0.2) is 15.0 Å². The van der Waals surface area contributed by atoms with Gasteiger partial charge in [-0.1, -0.05) is 13.8 Å². The van der Waals surface area contributed by atoms with Crippen LogP contribution in [0.2, 0.25) is 0 Å². The van der Waals surface area contributed by atoms with Gasteiger partial charge >= 0.3 is 11.9 Å². The molecule has 0 aromatic heterocycles. The van der Waals surface area contributed by atoms with Gasteiger partial charge in [-0.3, -0.25) is 9.59 Å². The summed E-state index contributed by atoms with van der Waals surface area (Å²) in [6, 6.07) is 0. The van der Waals surface area contributed by atoms with Crippen LogP contribution in [0.5, 0.6) is 0 Å². The van der Waals surface area contributed by atoms with Gasteiger partial charge in [-0.05, 0) is 92.5 Å². The molecule has 0 spiro atoms. The molecule has 1 aliphatic carbocycles. The molecule has 5 heterocycles. The monoisotopic (exact) mass is 656 g/mol. The van der Waals surface area contributed by atoms with Crippen LogP contribution in [0.25, 0.3) is 0 Å². The molecule has 3 atom stereocenters. The van der Waals surface area contributed by atoms with Crippen molar-refractivity contribution in [1.82, 2.24) is 5.32 Å². The Hall–Kier alpha value is -4.24. The molecular weight excluding hydrogens is 616 g/mol. The number of aliphatic hydroxyl groups is 1. The fraction of sp³-hybridized carbons (Fsp3) is 0.432. The highest BCUT2D eigenvalue weighted by molar-refractivity contribution is 6.24. The quantitative estimate of drug-likeness (QED) is 0.224. The summed E-state index contributed by atoms with van der Waals surface area (Å²) >= 11 is 6.32. The predicted molar refractivity (Wildman–Crippen MR) is 184 cm³/mol. The zero-order chi connectivity index (χ0) is 33.9. The maximum Gasteiger partial charge on any atom is 0.321 e. The van der Waals surface area contributed by atoms with Crippen LogP contribution in [0.4, 0.5) is 0 Å². The van der Waals surface area contributed by atoms with Crippen LogP contribution in [0.15, 0.2) is 106 Å². The lowest BCUT2D eigenvalue weighted by molar-refractivity contribution is -0.143. The first-order chi connectivity index (χ1) is 22.5. The van der Waals surface area contributed by atoms with Gasteiger partial charge in [0.15, 0.2) is 0 Å². The minimum atomic E-state index is -1.06. The SMILES string of the molecule is CCC1=C(C)C2=NC1=CC1=C(C)C3=C(O)C(C(=O)OC)C(=C4NC(=C(C)C5=NC(=C2)C(CCCl)=C5C)[C@@H](C)[C@@H]4CCC(=O)OC)C3=N1. The van der Waals surface area contributed by atoms with E-state index < -0.39 is 11.9 Å². The molecule has 47 heavy (non-hydrogen) atoms. The first-order valence-corrected chi connectivity index (χ1v) is 16.7. The fourth-order valence-electron chi connectivity index (χ4n) is 7.76. The van der Waals surface area contributed by atoms with Gasteiger partial charge in [0.1, 0.15) is 11.7 Å². The Morgan fingerprint density at radius 1 is 0.915 bits per heavy atom. The molecule has 6 rings (SSSR count). The number of aliphatic imine (C=N–C) groups is 3. The van der Waals surface area contributed by atoms with Crippen molar-refractivity contribution in [3.05, 3.63) is 91.0 Å². The van der Waals surface area contributed by atoms with E-state index in [0.717, 1.165) is 74.1 Å². The molecule has 5 aliphatic heterocycles. The Morgan fingerprint density at radius 2 is 1.64 bits per heavy atom. The summed E-state index contributed by atoms with van der Waals surface area (Å²) in [6.45, 7) is 12.3. The van der Waals surface area contributed by atoms with E-state index >= 15 is 0 Å². The Bertz CT molecular complexity index is 1870. The summed E-state index contributed by atoms with van der Waals surface area (Å²) in [5, 5.41) is 15.4. The van der Waals surface area contributed by atoms with Crippen LogP contribution in [0, 0.1) is 17.8 Å². The van der Waals surface area contributed by atoms with Crippen molar-refractivity contribution in [1.29, 1.82) is 0 Å². The smallest absolute Gasteiger partial charge is 0.321 e. The normalized spacial score (nSPS) is 25.0. The molecule has 0 saturated carbocycles. The molecule has 1 unspecified atom stereocenters. The molecule has 2 N–H and O–H groups in total. The van der Waals surface area contributed by atoms with Crippen molar-refractivity contribution in [2.45, 2.75) is 67.2 Å². The van der Waals surface area contributed by atoms with E-state index in [1.165, 1.54) is 14.2 Å². The third-order valence-electron chi connectivity index (χ3n) is 10.4. The number of fused-ring (bicyclic) bond motifs is 5. The van der Waals surface area contributed by atoms with Crippen LogP contribution < -0.4 is 5.32 Å². The van der Waals surface area contributed by atoms with Crippen molar-refractivity contribution < 1.29 is 24.2 Å². The lowest BCUT2D eigenvalue weighted by Crippen LogP contribution is -2.25. The molecule has 0 aromatic rings. The maximum absolute atomic E-state index is 13.4. The van der Waals surface area contributed by atoms with Crippen molar-refractivity contribution in [2.75, 3.05) is 20.1 Å². The number of carbonyl (C=O) groups is 2. The van der Waals surface area contributed by atoms with Gasteiger partial charge in [0.2, 0.25) is 0 Å². The molecule has 0 radical (unpaired) electrons. The van der Waals surface area contributed by atoms with E-state index in [2.05, 4.69) is 46.0 Å². The van der Waals surface area contributed by atoms with Crippen LogP contribution in [-0.2, 0) is 19.1 Å². The van der Waals surface area contributed by atoms with Crippen LogP contribution in [-0.4, -0.2) is 54.3 Å². The van der Waals surface area contributed by atoms with Crippen molar-refractivity contribution in [3.63, 3.8) is 0 Å². The maximum atomic E-state index is 13.4. The molecule has 1 fully saturated rings. The average molecular weight is 657 g/mol. The zero-order valence-corrected chi connectivity index (χ0v) is 29.0. The van der Waals surface area contributed by atoms with Crippen LogP contribution in [0.3, 0.4) is 0 Å². The number of nitrogens with zero attached hydrogens (tertiary/aromatic N) is 3. The largest absolute Gasteiger partial charge is 0.510 e. The van der Waals surface area contributed by atoms with Crippen molar-refractivity contribution >= 4 is 40.7 Å². The Kier molecular flexibility index (Phi) is 8.63. The number of carbonyl (C=O) groups excluding carboxylic acids is 2. The molecule has 8 bridgehead atoms. The van der Waals surface area contributed by atoms with Crippen molar-refractivity contribution in [2.24, 2.45) is 32.7 Å². The summed E-state index contributed by atoms with van der Waals surface area (Å²) in [6.07, 6.45) is 6.11. The number of hydrogen-bond donors (Lipinski definition) is 2. The standard InChI is InChI=1S/C37H41ClN4O5/c1-9-21-16(2)24-14-27-22(12-13-38)17(3)32(41-27)20(6)33-18(4)23(10-11-28(43)46-7)34(42-33)30-31(37(45)47-8)36(44)29-19(5)25(40-35(29)30)15-26(21)39-24/h14-15,18,23,31,42,44H,9-13H2,1-8H3/t18-,23-,31?/m0/s1. The fourth-order valence-corrected chi connectivity index (χ4v) is 7.95. The number of methoxy groups -OCH3 is 2. The molecule has 246 valence electrons. The van der Waals surface area contributed by atoms with Gasteiger partial charge in [0, 0.05) is 46.7 Å². The second-order valence-electron chi connectivity index (χ2n) is 12.7. The summed E-state index contributed by atoms with van der Waals surface area (Å²) in [5.41, 5.74) is 13.4. The van der Waals surface area contributed by atoms with Gasteiger partial charge in [-0.2, -0.15) is 0 Å². The van der Waals surface area contributed by atoms with Crippen molar-refractivity contribution in [3.8, 4) is 0 Å². The first-order valence-electron chi connectivity index (χ1n) is 16.2. The van der Waals surface area contributed by atoms with E-state index in [1.807, 2.05) is 13.0 Å². The number of hydrogen-bond acceptors (Lipinski definition) is 9. The predicted octanol–water partition coefficient (Wildman–Crippen LogP) is 7.03. The second-order valence-corrected chi connectivity index (χ2v) is 13.1. The first kappa shape index (κ1) is 32.7. The summed E-state index contributed by atoms with van der Waals surface area (Å²) < 4.78 is 10.2. The molecular formula is C37H41ClN4O5. The minimum Gasteiger partial charge on any atom is -0.510 e. The van der Waals surface area contributed by atoms with Gasteiger partial charge in [-0.15, -0.1) is 11.6 Å². The number of rotatable bonds is 7. The Labute approximate surface area is 280 Å². The average Bonchev–Trinajstić information content (AvgIpc) is 3.80. The molecule has 1 saturated heterocycles. The van der Waals surface area contributed by atoms with E-state index in [4.69, 9.17) is 36.1 Å². The Balaban J connectivity index is 1.68. The third-order valence-corrected chi connectivity index (χ3v) is 10.5. The topological polar surface area (TPSA) is 122 Å². The molecule has 0 aromatic carbocycles. The lowest BCUT2D eigenvalue weighted by atomic mass is 9.83. The highest BCUT2D eigenvalue weighted by atomic mass is 35.5. The summed E-state index contributed by atoms with van der Waals surface area (Å²) in [4.78, 5) is 41.2. The number of alkyl halides is 1. The molecule has 10 heteroatoms. The zero-order valence-electron chi connectivity index (χ0n) is 28.2. The number of esters is 2. The number of nitrogens with one attached hydrogen (secondary N) is 1. The van der Waals surface area contributed by atoms with Crippen LogP contribution >= 0.6 is 11.6 Å². The summed E-state index contributed by atoms with van der Waals surface area (Å²) in [7, 11) is 2.70. The summed E-state index contributed by atoms with van der Waals surface area (Å²) in [5.74, 6) is -1.89. The molecule has 9 nitrogen and oxygen atoms in total. The molecule has 0 amide bonds. The van der Waals surface area contributed by atoms with Gasteiger partial charge in [0.05, 0.1) is 48.4 Å². The number of ether oxygens (including phenoxy) is 2. The number of aliphatic hydroxyl groups excluding tert-OH is 1. The van der Waals surface area contributed by atoms with E-state index in [-0.39, 0.29) is 30.0 Å². The van der Waals surface area contributed by atoms with Gasteiger partial charge < -0.3 is 19.9 Å². The highest BCUT2D eigenvalue weighted by Crippen LogP contribution is 2.49. The van der Waals surface area contributed by atoms with Crippen LogP contribution in [0.1, 0.15) is 67.2 Å². The Morgan fingerprint density at radius 3 is 2.30 bits per heavy atom.